The maximum Gasteiger partial charge on any atom is 0.210 e. The topological polar surface area (TPSA) is 38.5 Å². The Kier molecular flexibility index (Phi) is 4.21. The van der Waals surface area contributed by atoms with E-state index in [4.69, 9.17) is 0 Å². The third kappa shape index (κ3) is 2.87. The van der Waals surface area contributed by atoms with E-state index in [1.165, 1.54) is 0 Å². The zero-order valence-corrected chi connectivity index (χ0v) is 15.3. The Labute approximate surface area is 157 Å². The quantitative estimate of drug-likeness (QED) is 0.464. The summed E-state index contributed by atoms with van der Waals surface area (Å²) in [5.74, 6) is -0.148. The third-order valence-corrected chi connectivity index (χ3v) is 4.76. The highest BCUT2D eigenvalue weighted by molar-refractivity contribution is 6.18. The summed E-state index contributed by atoms with van der Waals surface area (Å²) in [5, 5.41) is 0. The second-order valence-electron chi connectivity index (χ2n) is 6.68. The lowest BCUT2D eigenvalue weighted by Crippen LogP contribution is -2.07. The van der Waals surface area contributed by atoms with Gasteiger partial charge in [-0.05, 0) is 37.1 Å². The molecule has 4 rings (SSSR count). The van der Waals surface area contributed by atoms with Crippen molar-refractivity contribution < 1.29 is 9.59 Å². The number of carbonyl (C=O) groups excluding carboxylic acids is 2. The molecule has 0 fully saturated rings. The van der Waals surface area contributed by atoms with Gasteiger partial charge in [0.2, 0.25) is 5.78 Å². The van der Waals surface area contributed by atoms with E-state index in [2.05, 4.69) is 0 Å². The maximum absolute atomic E-state index is 13.4. The van der Waals surface area contributed by atoms with Crippen LogP contribution in [0.3, 0.4) is 0 Å². The number of fused-ring (bicyclic) bond motifs is 1. The number of hydrogen-bond donors (Lipinski definition) is 0. The van der Waals surface area contributed by atoms with Crippen LogP contribution in [-0.4, -0.2) is 16.0 Å². The summed E-state index contributed by atoms with van der Waals surface area (Å²) >= 11 is 0. The molecule has 0 saturated heterocycles. The zero-order valence-electron chi connectivity index (χ0n) is 15.3. The molecule has 0 aliphatic heterocycles. The van der Waals surface area contributed by atoms with Crippen LogP contribution < -0.4 is 0 Å². The van der Waals surface area contributed by atoms with Crippen LogP contribution in [0, 0.1) is 6.92 Å². The Bertz CT molecular complexity index is 1160. The number of hydrogen-bond acceptors (Lipinski definition) is 2. The molecule has 4 aromatic rings. The van der Waals surface area contributed by atoms with Gasteiger partial charge in [0.15, 0.2) is 5.78 Å². The first-order valence-corrected chi connectivity index (χ1v) is 8.88. The average Bonchev–Trinajstić information content (AvgIpc) is 3.03. The van der Waals surface area contributed by atoms with Gasteiger partial charge in [0, 0.05) is 17.3 Å². The Morgan fingerprint density at radius 3 is 2.11 bits per heavy atom. The molecule has 0 atom stereocenters. The van der Waals surface area contributed by atoms with Gasteiger partial charge in [-0.25, -0.2) is 0 Å². The van der Waals surface area contributed by atoms with Crippen LogP contribution in [0.25, 0.3) is 16.6 Å². The molecule has 0 bridgehead atoms. The first kappa shape index (κ1) is 17.0. The summed E-state index contributed by atoms with van der Waals surface area (Å²) in [6, 6.07) is 22.8. The minimum Gasteiger partial charge on any atom is -0.312 e. The van der Waals surface area contributed by atoms with E-state index < -0.39 is 0 Å². The summed E-state index contributed by atoms with van der Waals surface area (Å²) in [6.45, 7) is 3.54. The number of nitrogens with zero attached hydrogens (tertiary/aromatic N) is 1. The molecule has 27 heavy (non-hydrogen) atoms. The molecule has 0 aliphatic rings. The second kappa shape index (κ2) is 6.69. The minimum absolute atomic E-state index is 0.0518. The first-order chi connectivity index (χ1) is 13.1. The molecule has 2 heterocycles. The van der Waals surface area contributed by atoms with Crippen molar-refractivity contribution in [3.8, 4) is 11.1 Å². The van der Waals surface area contributed by atoms with Crippen molar-refractivity contribution in [2.24, 2.45) is 0 Å². The minimum atomic E-state index is -0.0965. The highest BCUT2D eigenvalue weighted by Gasteiger charge is 2.27. The van der Waals surface area contributed by atoms with Gasteiger partial charge in [-0.2, -0.15) is 0 Å². The van der Waals surface area contributed by atoms with Crippen LogP contribution in [0.5, 0.6) is 0 Å². The number of pyridine rings is 1. The molecule has 0 saturated carbocycles. The van der Waals surface area contributed by atoms with Crippen molar-refractivity contribution in [1.82, 2.24) is 4.40 Å². The van der Waals surface area contributed by atoms with Crippen molar-refractivity contribution in [1.29, 1.82) is 0 Å². The Morgan fingerprint density at radius 1 is 0.852 bits per heavy atom. The fourth-order valence-electron chi connectivity index (χ4n) is 3.55. The number of benzene rings is 2. The molecule has 3 heteroatoms. The van der Waals surface area contributed by atoms with Crippen LogP contribution in [-0.2, 0) is 0 Å². The molecule has 3 nitrogen and oxygen atoms in total. The molecule has 0 spiro atoms. The smallest absolute Gasteiger partial charge is 0.210 e. The van der Waals surface area contributed by atoms with Crippen LogP contribution >= 0.6 is 0 Å². The van der Waals surface area contributed by atoms with Gasteiger partial charge < -0.3 is 4.40 Å². The Balaban J connectivity index is 2.13. The number of carbonyl (C=O) groups is 2. The number of rotatable bonds is 4. The largest absolute Gasteiger partial charge is 0.312 e. The van der Waals surface area contributed by atoms with E-state index in [0.717, 1.165) is 16.6 Å². The van der Waals surface area contributed by atoms with E-state index in [-0.39, 0.29) is 11.6 Å². The summed E-state index contributed by atoms with van der Waals surface area (Å²) < 4.78 is 1.85. The van der Waals surface area contributed by atoms with E-state index in [1.54, 1.807) is 19.1 Å². The van der Waals surface area contributed by atoms with E-state index in [0.29, 0.717) is 22.4 Å². The fourth-order valence-corrected chi connectivity index (χ4v) is 3.55. The van der Waals surface area contributed by atoms with Crippen molar-refractivity contribution in [3.05, 3.63) is 101 Å². The highest BCUT2D eigenvalue weighted by Crippen LogP contribution is 2.35. The molecule has 0 amide bonds. The van der Waals surface area contributed by atoms with E-state index in [1.807, 2.05) is 78.2 Å². The number of aromatic nitrogens is 1. The lowest BCUT2D eigenvalue weighted by atomic mass is 9.95. The maximum atomic E-state index is 13.4. The second-order valence-corrected chi connectivity index (χ2v) is 6.68. The predicted octanol–water partition coefficient (Wildman–Crippen LogP) is 5.35. The lowest BCUT2D eigenvalue weighted by Gasteiger charge is -2.07. The van der Waals surface area contributed by atoms with Crippen LogP contribution in [0.1, 0.15) is 38.9 Å². The molecule has 132 valence electrons. The van der Waals surface area contributed by atoms with Crippen molar-refractivity contribution in [3.63, 3.8) is 0 Å². The average molecular weight is 353 g/mol. The molecule has 2 aromatic carbocycles. The number of aryl methyl sites for hydroxylation is 1. The van der Waals surface area contributed by atoms with Crippen molar-refractivity contribution in [2.45, 2.75) is 13.8 Å². The molecule has 0 radical (unpaired) electrons. The van der Waals surface area contributed by atoms with Crippen LogP contribution in [0.4, 0.5) is 0 Å². The molecule has 2 aromatic heterocycles. The van der Waals surface area contributed by atoms with Gasteiger partial charge in [0.05, 0.1) is 11.1 Å². The molecule has 0 N–H and O–H groups in total. The van der Waals surface area contributed by atoms with Gasteiger partial charge in [-0.3, -0.25) is 9.59 Å². The first-order valence-electron chi connectivity index (χ1n) is 8.88. The summed E-state index contributed by atoms with van der Waals surface area (Å²) in [5.41, 5.74) is 5.08. The number of Topliss-reactive ketones (excluding diaryl/α,β-unsaturated/α-hetero) is 1. The van der Waals surface area contributed by atoms with Crippen molar-refractivity contribution >= 4 is 17.1 Å². The van der Waals surface area contributed by atoms with Gasteiger partial charge in [-0.1, -0.05) is 60.7 Å². The van der Waals surface area contributed by atoms with Gasteiger partial charge in [-0.15, -0.1) is 0 Å². The predicted molar refractivity (Wildman–Crippen MR) is 107 cm³/mol. The van der Waals surface area contributed by atoms with E-state index >= 15 is 0 Å². The highest BCUT2D eigenvalue weighted by atomic mass is 16.1. The van der Waals surface area contributed by atoms with Gasteiger partial charge in [0.1, 0.15) is 5.69 Å². The summed E-state index contributed by atoms with van der Waals surface area (Å²) in [4.78, 5) is 26.1. The third-order valence-electron chi connectivity index (χ3n) is 4.76. The standard InChI is InChI=1S/C24H19NO2/c1-16-13-14-25-20(15-16)21(17(2)26)22(18-9-5-3-6-10-18)23(25)24(27)19-11-7-4-8-12-19/h3-15H,1-2H3. The van der Waals surface area contributed by atoms with Gasteiger partial charge >= 0.3 is 0 Å². The van der Waals surface area contributed by atoms with E-state index in [9.17, 15) is 9.59 Å². The normalized spacial score (nSPS) is 10.9. The monoisotopic (exact) mass is 353 g/mol. The molecular weight excluding hydrogens is 334 g/mol. The molecular formula is C24H19NO2. The summed E-state index contributed by atoms with van der Waals surface area (Å²) in [6.07, 6.45) is 1.87. The van der Waals surface area contributed by atoms with Crippen molar-refractivity contribution in [2.75, 3.05) is 0 Å². The van der Waals surface area contributed by atoms with Crippen LogP contribution in [0.15, 0.2) is 79.0 Å². The Morgan fingerprint density at radius 2 is 1.48 bits per heavy atom. The fraction of sp³-hybridized carbons (Fsp3) is 0.0833. The van der Waals surface area contributed by atoms with Crippen LogP contribution in [0.2, 0.25) is 0 Å². The molecule has 0 unspecified atom stereocenters. The summed E-state index contributed by atoms with van der Waals surface area (Å²) in [7, 11) is 0. The number of ketones is 2. The zero-order chi connectivity index (χ0) is 19.0. The SMILES string of the molecule is CC(=O)c1c(-c2ccccc2)c(C(=O)c2ccccc2)n2ccc(C)cc12. The Hall–Kier alpha value is -3.46. The molecule has 0 aliphatic carbocycles. The van der Waals surface area contributed by atoms with Gasteiger partial charge in [0.25, 0.3) is 0 Å². The lowest BCUT2D eigenvalue weighted by molar-refractivity contribution is 0.101.